The molecule has 13 heteroatoms. The lowest BCUT2D eigenvalue weighted by Crippen LogP contribution is -2.63. The molecule has 1 aliphatic heterocycles. The minimum atomic E-state index is -0.793. The lowest BCUT2D eigenvalue weighted by Gasteiger charge is -2.46. The third-order valence-electron chi connectivity index (χ3n) is 14.8. The van der Waals surface area contributed by atoms with Gasteiger partial charge in [0, 0.05) is 52.6 Å². The van der Waals surface area contributed by atoms with Crippen molar-refractivity contribution in [1.82, 2.24) is 10.6 Å². The summed E-state index contributed by atoms with van der Waals surface area (Å²) in [6.07, 6.45) is 35.2. The molecule has 458 valence electrons. The Morgan fingerprint density at radius 2 is 0.896 bits per heavy atom. The monoisotopic (exact) mass is 1100 g/mol. The van der Waals surface area contributed by atoms with Crippen molar-refractivity contribution < 1.29 is 52.2 Å². The number of unbranched alkanes of at least 4 members (excludes halogenated alkanes) is 25. The van der Waals surface area contributed by atoms with Crippen molar-refractivity contribution >= 4 is 12.0 Å². The molecular formula is C64H126N2O11. The van der Waals surface area contributed by atoms with Crippen LogP contribution in [0.4, 0.5) is 4.79 Å². The van der Waals surface area contributed by atoms with Crippen LogP contribution < -0.4 is 10.6 Å². The maximum atomic E-state index is 14.3. The minimum Gasteiger partial charge on any atom is -0.450 e. The summed E-state index contributed by atoms with van der Waals surface area (Å²) in [5, 5.41) is 6.36. The number of carbonyl (C=O) groups is 2. The van der Waals surface area contributed by atoms with E-state index >= 15 is 0 Å². The molecule has 1 saturated heterocycles. The fraction of sp³-hybridized carbons (Fsp3) is 0.969. The smallest absolute Gasteiger partial charge is 0.407 e. The van der Waals surface area contributed by atoms with Gasteiger partial charge in [0.2, 0.25) is 5.91 Å². The van der Waals surface area contributed by atoms with Gasteiger partial charge in [-0.15, -0.1) is 0 Å². The van der Waals surface area contributed by atoms with Crippen LogP contribution in [0.25, 0.3) is 0 Å². The first-order valence-electron chi connectivity index (χ1n) is 33.0. The summed E-state index contributed by atoms with van der Waals surface area (Å²) >= 11 is 0. The highest BCUT2D eigenvalue weighted by Crippen LogP contribution is 2.31. The maximum Gasteiger partial charge on any atom is 0.407 e. The first-order chi connectivity index (χ1) is 37.8. The summed E-state index contributed by atoms with van der Waals surface area (Å²) < 4.78 is 59.6. The fourth-order valence-corrected chi connectivity index (χ4v) is 9.72. The van der Waals surface area contributed by atoms with E-state index in [2.05, 4.69) is 66.0 Å². The third-order valence-corrected chi connectivity index (χ3v) is 14.8. The van der Waals surface area contributed by atoms with Crippen molar-refractivity contribution in [2.75, 3.05) is 66.0 Å². The standard InChI is InChI=1S/C64H126N2O11/c1-9-17-25-26-27-28-29-30-31-34-37-40-43-56(70-47-19-11-3)59(71-48-20-12-4)55(66-58(67)44-41-38-35-32-33-36-39-42-45-65-64(68)75-52-24-16-8)53-76-63-62(74-51-23-15-7)61(73-50-22-14-6)60(72-49-21-13-5)57(77-63)54-69-46-18-10-2/h55-57,59-63H,9-54H2,1-8H3,(H,65,68)(H,66,67)/t55-,56+,57?,59-,60-,61-,62?,63-/m0/s1. The predicted molar refractivity (Wildman–Crippen MR) is 317 cm³/mol. The molecule has 0 aromatic rings. The average molecular weight is 1100 g/mol. The van der Waals surface area contributed by atoms with E-state index < -0.39 is 42.9 Å². The van der Waals surface area contributed by atoms with E-state index in [1.165, 1.54) is 64.2 Å². The summed E-state index contributed by atoms with van der Waals surface area (Å²) in [7, 11) is 0. The Morgan fingerprint density at radius 1 is 0.442 bits per heavy atom. The van der Waals surface area contributed by atoms with Crippen molar-refractivity contribution in [2.45, 2.75) is 335 Å². The van der Waals surface area contributed by atoms with Crippen LogP contribution in [0.3, 0.4) is 0 Å². The maximum absolute atomic E-state index is 14.3. The number of amides is 2. The molecule has 0 radical (unpaired) electrons. The lowest BCUT2D eigenvalue weighted by atomic mass is 9.97. The van der Waals surface area contributed by atoms with Gasteiger partial charge in [-0.2, -0.15) is 0 Å². The van der Waals surface area contributed by atoms with Gasteiger partial charge < -0.3 is 53.3 Å². The Hall–Kier alpha value is -1.58. The van der Waals surface area contributed by atoms with Crippen molar-refractivity contribution in [2.24, 2.45) is 0 Å². The molecule has 1 rings (SSSR count). The molecule has 0 spiro atoms. The van der Waals surface area contributed by atoms with Crippen molar-refractivity contribution in [1.29, 1.82) is 0 Å². The summed E-state index contributed by atoms with van der Waals surface area (Å²) in [5.74, 6) is 0.00811. The molecule has 1 fully saturated rings. The van der Waals surface area contributed by atoms with Gasteiger partial charge in [0.25, 0.3) is 0 Å². The normalized spacial score (nSPS) is 18.8. The minimum absolute atomic E-state index is 0.00811. The molecule has 0 aromatic heterocycles. The summed E-state index contributed by atoms with van der Waals surface area (Å²) in [6.45, 7) is 22.7. The van der Waals surface area contributed by atoms with Crippen LogP contribution in [0.1, 0.15) is 287 Å². The van der Waals surface area contributed by atoms with E-state index in [4.69, 9.17) is 42.6 Å². The number of carbonyl (C=O) groups excluding carboxylic acids is 2. The molecule has 8 atom stereocenters. The van der Waals surface area contributed by atoms with Crippen LogP contribution >= 0.6 is 0 Å². The molecule has 1 aliphatic rings. The van der Waals surface area contributed by atoms with E-state index in [1.54, 1.807) is 0 Å². The summed E-state index contributed by atoms with van der Waals surface area (Å²) in [5.41, 5.74) is 0. The Balaban J connectivity index is 3.41. The fourth-order valence-electron chi connectivity index (χ4n) is 9.72. The largest absolute Gasteiger partial charge is 0.450 e. The zero-order chi connectivity index (χ0) is 56.1. The molecule has 2 unspecified atom stereocenters. The number of rotatable bonds is 58. The van der Waals surface area contributed by atoms with Crippen molar-refractivity contribution in [3.8, 4) is 0 Å². The first kappa shape index (κ1) is 73.4. The van der Waals surface area contributed by atoms with Crippen LogP contribution in [0.2, 0.25) is 0 Å². The first-order valence-corrected chi connectivity index (χ1v) is 33.0. The number of hydrogen-bond donors (Lipinski definition) is 2. The summed E-state index contributed by atoms with van der Waals surface area (Å²) in [4.78, 5) is 26.1. The lowest BCUT2D eigenvalue weighted by molar-refractivity contribution is -0.325. The molecule has 0 saturated carbocycles. The van der Waals surface area contributed by atoms with Crippen LogP contribution in [0.15, 0.2) is 0 Å². The Bertz CT molecular complexity index is 1270. The topological polar surface area (TPSA) is 141 Å². The van der Waals surface area contributed by atoms with Gasteiger partial charge in [0.15, 0.2) is 6.29 Å². The van der Waals surface area contributed by atoms with E-state index in [9.17, 15) is 9.59 Å². The quantitative estimate of drug-likeness (QED) is 0.0562. The molecular weight excluding hydrogens is 973 g/mol. The number of ether oxygens (including phenoxy) is 9. The molecule has 0 aliphatic carbocycles. The molecule has 0 aromatic carbocycles. The summed E-state index contributed by atoms with van der Waals surface area (Å²) in [6, 6.07) is -0.492. The molecule has 0 bridgehead atoms. The van der Waals surface area contributed by atoms with Crippen molar-refractivity contribution in [3.63, 3.8) is 0 Å². The third kappa shape index (κ3) is 39.5. The predicted octanol–water partition coefficient (Wildman–Crippen LogP) is 16.1. The number of nitrogens with one attached hydrogen (secondary N) is 2. The van der Waals surface area contributed by atoms with Gasteiger partial charge in [-0.25, -0.2) is 4.79 Å². The Labute approximate surface area is 474 Å². The van der Waals surface area contributed by atoms with E-state index in [1.807, 2.05) is 0 Å². The zero-order valence-electron chi connectivity index (χ0n) is 51.6. The van der Waals surface area contributed by atoms with E-state index in [-0.39, 0.29) is 24.7 Å². The van der Waals surface area contributed by atoms with E-state index in [0.29, 0.717) is 65.8 Å². The molecule has 2 amide bonds. The number of hydrogen-bond acceptors (Lipinski definition) is 11. The van der Waals surface area contributed by atoms with Crippen LogP contribution in [-0.4, -0.2) is 127 Å². The average Bonchev–Trinajstić information content (AvgIpc) is 3.43. The van der Waals surface area contributed by atoms with Crippen molar-refractivity contribution in [3.05, 3.63) is 0 Å². The Kier molecular flexibility index (Phi) is 52.4. The van der Waals surface area contributed by atoms with Gasteiger partial charge in [0.1, 0.15) is 30.5 Å². The second-order valence-corrected chi connectivity index (χ2v) is 22.2. The van der Waals surface area contributed by atoms with Crippen LogP contribution in [-0.2, 0) is 47.4 Å². The second kappa shape index (κ2) is 55.0. The Morgan fingerprint density at radius 3 is 1.47 bits per heavy atom. The SMILES string of the molecule is CCCCCCCCCCCCCC[C@@H](OCCCC)[C@@H](OCCCC)[C@H](CO[C@H]1OC(COCCCC)[C@H](OCCCC)[C@H](OCCCC)C1OCCCC)NC(=O)CCCCCCCCCCNC(=O)OCCCC. The van der Waals surface area contributed by atoms with Gasteiger partial charge in [-0.1, -0.05) is 216 Å². The molecule has 77 heavy (non-hydrogen) atoms. The van der Waals surface area contributed by atoms with Gasteiger partial charge in [-0.3, -0.25) is 4.79 Å². The highest BCUT2D eigenvalue weighted by atomic mass is 16.7. The van der Waals surface area contributed by atoms with Gasteiger partial charge in [-0.05, 0) is 64.2 Å². The van der Waals surface area contributed by atoms with E-state index in [0.717, 1.165) is 161 Å². The molecule has 1 heterocycles. The van der Waals surface area contributed by atoms with Crippen LogP contribution in [0, 0.1) is 0 Å². The van der Waals surface area contributed by atoms with Gasteiger partial charge >= 0.3 is 6.09 Å². The zero-order valence-corrected chi connectivity index (χ0v) is 51.6. The highest BCUT2D eigenvalue weighted by molar-refractivity contribution is 5.76. The molecule has 13 nitrogen and oxygen atoms in total. The van der Waals surface area contributed by atoms with Gasteiger partial charge in [0.05, 0.1) is 32.0 Å². The number of alkyl carbamates (subject to hydrolysis) is 1. The van der Waals surface area contributed by atoms with Crippen LogP contribution in [0.5, 0.6) is 0 Å². The highest BCUT2D eigenvalue weighted by Gasteiger charge is 2.49. The molecule has 2 N–H and O–H groups in total. The second-order valence-electron chi connectivity index (χ2n) is 22.2.